The predicted molar refractivity (Wildman–Crippen MR) is 101 cm³/mol. The highest BCUT2D eigenvalue weighted by Crippen LogP contribution is 2.30. The lowest BCUT2D eigenvalue weighted by molar-refractivity contribution is -0.0353. The smallest absolute Gasteiger partial charge is 0.0484 e. The van der Waals surface area contributed by atoms with Crippen molar-refractivity contribution in [3.63, 3.8) is 0 Å². The molecule has 0 bridgehead atoms. The number of nitrogens with zero attached hydrogens (tertiary/aromatic N) is 1. The molecule has 132 valence electrons. The minimum atomic E-state index is 0.311. The van der Waals surface area contributed by atoms with Crippen LogP contribution in [-0.4, -0.2) is 49.8 Å². The number of hydrogen-bond acceptors (Lipinski definition) is 3. The SMILES string of the molecule is CC(=Cc1ccccc1)CNCC1(N2CCCCC2)CCOCC1. The van der Waals surface area contributed by atoms with Crippen LogP contribution in [0.3, 0.4) is 0 Å². The Hall–Kier alpha value is -1.16. The molecule has 0 aromatic heterocycles. The Kier molecular flexibility index (Phi) is 6.47. The molecule has 2 saturated heterocycles. The Morgan fingerprint density at radius 3 is 2.54 bits per heavy atom. The van der Waals surface area contributed by atoms with Crippen molar-refractivity contribution in [2.45, 2.75) is 44.6 Å². The number of piperidine rings is 1. The number of benzene rings is 1. The van der Waals surface area contributed by atoms with Gasteiger partial charge in [0.25, 0.3) is 0 Å². The highest BCUT2D eigenvalue weighted by Gasteiger charge is 2.38. The van der Waals surface area contributed by atoms with E-state index in [4.69, 9.17) is 4.74 Å². The molecule has 3 heteroatoms. The summed E-state index contributed by atoms with van der Waals surface area (Å²) in [6, 6.07) is 10.6. The van der Waals surface area contributed by atoms with Crippen molar-refractivity contribution in [1.82, 2.24) is 10.2 Å². The molecule has 0 saturated carbocycles. The molecule has 3 rings (SSSR count). The normalized spacial score (nSPS) is 22.5. The van der Waals surface area contributed by atoms with Gasteiger partial charge in [0.1, 0.15) is 0 Å². The van der Waals surface area contributed by atoms with Crippen LogP contribution in [0.5, 0.6) is 0 Å². The molecule has 0 atom stereocenters. The first-order valence-corrected chi connectivity index (χ1v) is 9.54. The van der Waals surface area contributed by atoms with Crippen LogP contribution in [-0.2, 0) is 4.74 Å². The van der Waals surface area contributed by atoms with Crippen molar-refractivity contribution in [3.05, 3.63) is 41.5 Å². The highest BCUT2D eigenvalue weighted by atomic mass is 16.5. The summed E-state index contributed by atoms with van der Waals surface area (Å²) in [7, 11) is 0. The van der Waals surface area contributed by atoms with Crippen molar-refractivity contribution in [2.24, 2.45) is 0 Å². The van der Waals surface area contributed by atoms with Crippen molar-refractivity contribution in [2.75, 3.05) is 39.4 Å². The first kappa shape index (κ1) is 17.7. The van der Waals surface area contributed by atoms with Gasteiger partial charge in [0, 0.05) is 31.8 Å². The Bertz CT molecular complexity index is 514. The second-order valence-electron chi connectivity index (χ2n) is 7.39. The fraction of sp³-hybridized carbons (Fsp3) is 0.619. The summed E-state index contributed by atoms with van der Waals surface area (Å²) >= 11 is 0. The van der Waals surface area contributed by atoms with Gasteiger partial charge in [-0.1, -0.05) is 48.4 Å². The molecule has 1 aromatic carbocycles. The van der Waals surface area contributed by atoms with E-state index in [1.165, 1.54) is 56.3 Å². The molecule has 0 aliphatic carbocycles. The lowest BCUT2D eigenvalue weighted by Gasteiger charge is -2.48. The second-order valence-corrected chi connectivity index (χ2v) is 7.39. The molecular weight excluding hydrogens is 296 g/mol. The lowest BCUT2D eigenvalue weighted by atomic mass is 9.86. The van der Waals surface area contributed by atoms with E-state index in [1.807, 2.05) is 0 Å². The van der Waals surface area contributed by atoms with E-state index in [1.54, 1.807) is 0 Å². The van der Waals surface area contributed by atoms with E-state index < -0.39 is 0 Å². The fourth-order valence-electron chi connectivity index (χ4n) is 4.10. The standard InChI is InChI=1S/C21H32N2O/c1-19(16-20-8-4-2-5-9-20)17-22-18-21(10-14-24-15-11-21)23-12-6-3-7-13-23/h2,4-5,8-9,16,22H,3,6-7,10-15,17-18H2,1H3. The van der Waals surface area contributed by atoms with E-state index in [0.717, 1.165) is 26.3 Å². The average Bonchev–Trinajstić information content (AvgIpc) is 2.64. The van der Waals surface area contributed by atoms with Crippen LogP contribution in [0.2, 0.25) is 0 Å². The molecule has 2 fully saturated rings. The zero-order valence-electron chi connectivity index (χ0n) is 15.1. The summed E-state index contributed by atoms with van der Waals surface area (Å²) in [6.07, 6.45) is 8.73. The van der Waals surface area contributed by atoms with Crippen molar-refractivity contribution < 1.29 is 4.74 Å². The van der Waals surface area contributed by atoms with Crippen molar-refractivity contribution in [3.8, 4) is 0 Å². The van der Waals surface area contributed by atoms with Crippen LogP contribution >= 0.6 is 0 Å². The van der Waals surface area contributed by atoms with Gasteiger partial charge in [0.2, 0.25) is 0 Å². The number of nitrogens with one attached hydrogen (secondary N) is 1. The molecule has 2 aliphatic rings. The zero-order chi connectivity index (χ0) is 16.7. The van der Waals surface area contributed by atoms with Gasteiger partial charge in [-0.3, -0.25) is 4.90 Å². The van der Waals surface area contributed by atoms with Gasteiger partial charge in [0.05, 0.1) is 0 Å². The third-order valence-electron chi connectivity index (χ3n) is 5.52. The lowest BCUT2D eigenvalue weighted by Crippen LogP contribution is -2.59. The van der Waals surface area contributed by atoms with Crippen molar-refractivity contribution in [1.29, 1.82) is 0 Å². The highest BCUT2D eigenvalue weighted by molar-refractivity contribution is 5.52. The van der Waals surface area contributed by atoms with E-state index in [-0.39, 0.29) is 0 Å². The molecule has 0 amide bonds. The predicted octanol–water partition coefficient (Wildman–Crippen LogP) is 3.71. The van der Waals surface area contributed by atoms with Gasteiger partial charge >= 0.3 is 0 Å². The monoisotopic (exact) mass is 328 g/mol. The third-order valence-corrected chi connectivity index (χ3v) is 5.52. The Morgan fingerprint density at radius 2 is 1.83 bits per heavy atom. The molecule has 0 radical (unpaired) electrons. The first-order valence-electron chi connectivity index (χ1n) is 9.54. The Labute approximate surface area is 147 Å². The van der Waals surface area contributed by atoms with E-state index in [0.29, 0.717) is 5.54 Å². The topological polar surface area (TPSA) is 24.5 Å². The van der Waals surface area contributed by atoms with Crippen LogP contribution in [0.15, 0.2) is 35.9 Å². The number of hydrogen-bond donors (Lipinski definition) is 1. The maximum absolute atomic E-state index is 5.66. The summed E-state index contributed by atoms with van der Waals surface area (Å²) in [4.78, 5) is 2.75. The minimum Gasteiger partial charge on any atom is -0.381 e. The molecule has 2 aliphatic heterocycles. The number of rotatable bonds is 6. The average molecular weight is 329 g/mol. The summed E-state index contributed by atoms with van der Waals surface area (Å²) in [5.41, 5.74) is 2.99. The first-order chi connectivity index (χ1) is 11.8. The molecule has 0 spiro atoms. The van der Waals surface area contributed by atoms with Crippen LogP contribution in [0.25, 0.3) is 6.08 Å². The van der Waals surface area contributed by atoms with Crippen LogP contribution < -0.4 is 5.32 Å². The van der Waals surface area contributed by atoms with Crippen LogP contribution in [0.4, 0.5) is 0 Å². The molecule has 3 nitrogen and oxygen atoms in total. The number of ether oxygens (including phenoxy) is 1. The Morgan fingerprint density at radius 1 is 1.12 bits per heavy atom. The van der Waals surface area contributed by atoms with Gasteiger partial charge in [-0.25, -0.2) is 0 Å². The van der Waals surface area contributed by atoms with Gasteiger partial charge in [-0.2, -0.15) is 0 Å². The summed E-state index contributed by atoms with van der Waals surface area (Å²) < 4.78 is 5.66. The van der Waals surface area contributed by atoms with Crippen LogP contribution in [0, 0.1) is 0 Å². The van der Waals surface area contributed by atoms with Crippen molar-refractivity contribution >= 4 is 6.08 Å². The molecule has 1 aromatic rings. The Balaban J connectivity index is 1.56. The second kappa shape index (κ2) is 8.80. The molecule has 2 heterocycles. The molecule has 1 N–H and O–H groups in total. The van der Waals surface area contributed by atoms with E-state index in [2.05, 4.69) is 53.5 Å². The quantitative estimate of drug-likeness (QED) is 0.861. The molecular formula is C21H32N2O. The minimum absolute atomic E-state index is 0.311. The van der Waals surface area contributed by atoms with Gasteiger partial charge in [-0.15, -0.1) is 0 Å². The summed E-state index contributed by atoms with van der Waals surface area (Å²) in [6.45, 7) is 8.62. The van der Waals surface area contributed by atoms with Gasteiger partial charge in [-0.05, 0) is 51.3 Å². The fourth-order valence-corrected chi connectivity index (χ4v) is 4.10. The summed E-state index contributed by atoms with van der Waals surface area (Å²) in [5.74, 6) is 0. The van der Waals surface area contributed by atoms with E-state index in [9.17, 15) is 0 Å². The van der Waals surface area contributed by atoms with Gasteiger partial charge < -0.3 is 10.1 Å². The zero-order valence-corrected chi connectivity index (χ0v) is 15.1. The third kappa shape index (κ3) is 4.69. The van der Waals surface area contributed by atoms with E-state index >= 15 is 0 Å². The van der Waals surface area contributed by atoms with Crippen LogP contribution in [0.1, 0.15) is 44.6 Å². The summed E-state index contributed by atoms with van der Waals surface area (Å²) in [5, 5.41) is 3.75. The maximum atomic E-state index is 5.66. The maximum Gasteiger partial charge on any atom is 0.0484 e. The molecule has 24 heavy (non-hydrogen) atoms. The largest absolute Gasteiger partial charge is 0.381 e. The number of likely N-dealkylation sites (tertiary alicyclic amines) is 1. The molecule has 0 unspecified atom stereocenters. The van der Waals surface area contributed by atoms with Gasteiger partial charge in [0.15, 0.2) is 0 Å².